The van der Waals surface area contributed by atoms with Crippen molar-refractivity contribution in [3.8, 4) is 5.75 Å². The zero-order chi connectivity index (χ0) is 13.8. The van der Waals surface area contributed by atoms with Crippen LogP contribution < -0.4 is 10.5 Å². The molecule has 0 spiro atoms. The summed E-state index contributed by atoms with van der Waals surface area (Å²) in [5, 5.41) is 0.596. The van der Waals surface area contributed by atoms with Crippen molar-refractivity contribution in [1.29, 1.82) is 0 Å². The molecule has 2 N–H and O–H groups in total. The summed E-state index contributed by atoms with van der Waals surface area (Å²) >= 11 is 5.95. The van der Waals surface area contributed by atoms with E-state index in [-0.39, 0.29) is 0 Å². The van der Waals surface area contributed by atoms with Crippen LogP contribution in [0.15, 0.2) is 36.7 Å². The van der Waals surface area contributed by atoms with Gasteiger partial charge in [0.1, 0.15) is 11.6 Å². The molecule has 0 aliphatic heterocycles. The third-order valence-electron chi connectivity index (χ3n) is 2.89. The maximum atomic E-state index is 13.6. The molecule has 1 aromatic heterocycles. The Labute approximate surface area is 116 Å². The standard InChI is InChI=1S/C14H14ClFN2O/c1-19-14-3-2-10(15)6-9(14)7-13(17)11-4-5-18-8-12(11)16/h2-6,8,13H,7,17H2,1H3. The number of rotatable bonds is 4. The highest BCUT2D eigenvalue weighted by atomic mass is 35.5. The van der Waals surface area contributed by atoms with Gasteiger partial charge >= 0.3 is 0 Å². The van der Waals surface area contributed by atoms with Crippen molar-refractivity contribution in [1.82, 2.24) is 4.98 Å². The maximum Gasteiger partial charge on any atom is 0.146 e. The number of methoxy groups -OCH3 is 1. The van der Waals surface area contributed by atoms with Crippen LogP contribution >= 0.6 is 11.6 Å². The van der Waals surface area contributed by atoms with Crippen LogP contribution in [0.3, 0.4) is 0 Å². The van der Waals surface area contributed by atoms with E-state index in [1.54, 1.807) is 31.4 Å². The van der Waals surface area contributed by atoms with Crippen molar-refractivity contribution in [2.45, 2.75) is 12.5 Å². The van der Waals surface area contributed by atoms with Crippen molar-refractivity contribution < 1.29 is 9.13 Å². The number of halogens is 2. The molecule has 0 aliphatic rings. The smallest absolute Gasteiger partial charge is 0.146 e. The van der Waals surface area contributed by atoms with E-state index in [9.17, 15) is 4.39 Å². The van der Waals surface area contributed by atoms with E-state index in [1.165, 1.54) is 6.20 Å². The van der Waals surface area contributed by atoms with Crippen LogP contribution in [0.5, 0.6) is 5.75 Å². The Balaban J connectivity index is 2.26. The fourth-order valence-corrected chi connectivity index (χ4v) is 2.13. The number of nitrogens with two attached hydrogens (primary N) is 1. The lowest BCUT2D eigenvalue weighted by Gasteiger charge is -2.15. The lowest BCUT2D eigenvalue weighted by atomic mass is 9.99. The summed E-state index contributed by atoms with van der Waals surface area (Å²) in [5.74, 6) is 0.283. The lowest BCUT2D eigenvalue weighted by Crippen LogP contribution is -2.15. The van der Waals surface area contributed by atoms with E-state index >= 15 is 0 Å². The molecule has 2 rings (SSSR count). The van der Waals surface area contributed by atoms with Crippen molar-refractivity contribution in [3.63, 3.8) is 0 Å². The first-order chi connectivity index (χ1) is 9.11. The normalized spacial score (nSPS) is 12.2. The number of benzene rings is 1. The van der Waals surface area contributed by atoms with Gasteiger partial charge in [0.2, 0.25) is 0 Å². The highest BCUT2D eigenvalue weighted by Crippen LogP contribution is 2.27. The third-order valence-corrected chi connectivity index (χ3v) is 3.12. The fourth-order valence-electron chi connectivity index (χ4n) is 1.94. The molecule has 0 radical (unpaired) electrons. The van der Waals surface area contributed by atoms with Crippen LogP contribution in [-0.2, 0) is 6.42 Å². The first-order valence-electron chi connectivity index (χ1n) is 5.79. The van der Waals surface area contributed by atoms with Gasteiger partial charge in [-0.15, -0.1) is 0 Å². The summed E-state index contributed by atoms with van der Waals surface area (Å²) < 4.78 is 18.9. The maximum absolute atomic E-state index is 13.6. The SMILES string of the molecule is COc1ccc(Cl)cc1CC(N)c1ccncc1F. The molecule has 0 fully saturated rings. The Morgan fingerprint density at radius 1 is 1.42 bits per heavy atom. The van der Waals surface area contributed by atoms with E-state index < -0.39 is 11.9 Å². The average molecular weight is 281 g/mol. The molecular weight excluding hydrogens is 267 g/mol. The second kappa shape index (κ2) is 5.99. The average Bonchev–Trinajstić information content (AvgIpc) is 2.39. The Morgan fingerprint density at radius 2 is 2.21 bits per heavy atom. The van der Waals surface area contributed by atoms with Crippen LogP contribution in [0.2, 0.25) is 5.02 Å². The number of ether oxygens (including phenoxy) is 1. The number of nitrogens with zero attached hydrogens (tertiary/aromatic N) is 1. The minimum absolute atomic E-state index is 0.406. The van der Waals surface area contributed by atoms with Gasteiger partial charge in [-0.1, -0.05) is 11.6 Å². The predicted octanol–water partition coefficient (Wildman–Crippen LogP) is 3.13. The molecule has 2 aromatic rings. The zero-order valence-corrected chi connectivity index (χ0v) is 11.2. The molecule has 1 unspecified atom stereocenters. The Hall–Kier alpha value is -1.65. The van der Waals surface area contributed by atoms with Crippen LogP contribution in [0.1, 0.15) is 17.2 Å². The molecule has 5 heteroatoms. The first kappa shape index (κ1) is 13.8. The van der Waals surface area contributed by atoms with Gasteiger partial charge in [0.15, 0.2) is 0 Å². The molecule has 1 atom stereocenters. The number of aromatic nitrogens is 1. The minimum Gasteiger partial charge on any atom is -0.496 e. The van der Waals surface area contributed by atoms with E-state index in [0.29, 0.717) is 22.8 Å². The summed E-state index contributed by atoms with van der Waals surface area (Å²) in [5.41, 5.74) is 7.31. The van der Waals surface area contributed by atoms with Crippen LogP contribution in [0.25, 0.3) is 0 Å². The van der Waals surface area contributed by atoms with E-state index in [1.807, 2.05) is 0 Å². The molecule has 1 heterocycles. The molecule has 3 nitrogen and oxygen atoms in total. The number of hydrogen-bond donors (Lipinski definition) is 1. The number of pyridine rings is 1. The molecule has 0 saturated carbocycles. The van der Waals surface area contributed by atoms with Crippen LogP contribution in [-0.4, -0.2) is 12.1 Å². The van der Waals surface area contributed by atoms with Crippen molar-refractivity contribution >= 4 is 11.6 Å². The molecular formula is C14H14ClFN2O. The highest BCUT2D eigenvalue weighted by Gasteiger charge is 2.14. The molecule has 0 aliphatic carbocycles. The topological polar surface area (TPSA) is 48.1 Å². The van der Waals surface area contributed by atoms with Gasteiger partial charge in [-0.25, -0.2) is 4.39 Å². The Kier molecular flexibility index (Phi) is 4.35. The second-order valence-electron chi connectivity index (χ2n) is 4.16. The zero-order valence-electron chi connectivity index (χ0n) is 10.4. The molecule has 0 bridgehead atoms. The van der Waals surface area contributed by atoms with Gasteiger partial charge in [0, 0.05) is 22.8 Å². The Bertz CT molecular complexity index is 577. The summed E-state index contributed by atoms with van der Waals surface area (Å²) in [7, 11) is 1.57. The monoisotopic (exact) mass is 280 g/mol. The highest BCUT2D eigenvalue weighted by molar-refractivity contribution is 6.30. The van der Waals surface area contributed by atoms with Gasteiger partial charge in [0.25, 0.3) is 0 Å². The van der Waals surface area contributed by atoms with Crippen LogP contribution in [0.4, 0.5) is 4.39 Å². The third kappa shape index (κ3) is 3.22. The fraction of sp³-hybridized carbons (Fsp3) is 0.214. The van der Waals surface area contributed by atoms with Gasteiger partial charge in [-0.2, -0.15) is 0 Å². The van der Waals surface area contributed by atoms with E-state index in [4.69, 9.17) is 22.1 Å². The molecule has 0 saturated heterocycles. The van der Waals surface area contributed by atoms with Crippen molar-refractivity contribution in [2.75, 3.05) is 7.11 Å². The molecule has 19 heavy (non-hydrogen) atoms. The summed E-state index contributed by atoms with van der Waals surface area (Å²) in [6, 6.07) is 6.39. The van der Waals surface area contributed by atoms with Gasteiger partial charge < -0.3 is 10.5 Å². The largest absolute Gasteiger partial charge is 0.496 e. The lowest BCUT2D eigenvalue weighted by molar-refractivity contribution is 0.408. The van der Waals surface area contributed by atoms with E-state index in [0.717, 1.165) is 11.8 Å². The van der Waals surface area contributed by atoms with Gasteiger partial charge in [-0.05, 0) is 36.2 Å². The van der Waals surface area contributed by atoms with E-state index in [2.05, 4.69) is 4.98 Å². The molecule has 0 amide bonds. The predicted molar refractivity (Wildman–Crippen MR) is 72.8 cm³/mol. The summed E-state index contributed by atoms with van der Waals surface area (Å²) in [6.07, 6.45) is 3.11. The van der Waals surface area contributed by atoms with Crippen LogP contribution in [0, 0.1) is 5.82 Å². The number of hydrogen-bond acceptors (Lipinski definition) is 3. The minimum atomic E-state index is -0.477. The Morgan fingerprint density at radius 3 is 2.89 bits per heavy atom. The van der Waals surface area contributed by atoms with Gasteiger partial charge in [-0.3, -0.25) is 4.98 Å². The molecule has 100 valence electrons. The van der Waals surface area contributed by atoms with Crippen molar-refractivity contribution in [3.05, 3.63) is 58.6 Å². The quantitative estimate of drug-likeness (QED) is 0.936. The van der Waals surface area contributed by atoms with Crippen molar-refractivity contribution in [2.24, 2.45) is 5.73 Å². The summed E-state index contributed by atoms with van der Waals surface area (Å²) in [6.45, 7) is 0. The summed E-state index contributed by atoms with van der Waals surface area (Å²) in [4.78, 5) is 3.71. The first-order valence-corrected chi connectivity index (χ1v) is 6.17. The second-order valence-corrected chi connectivity index (χ2v) is 4.60. The molecule has 1 aromatic carbocycles. The van der Waals surface area contributed by atoms with Gasteiger partial charge in [0.05, 0.1) is 13.3 Å².